The summed E-state index contributed by atoms with van der Waals surface area (Å²) in [6.45, 7) is 4.98. The van der Waals surface area contributed by atoms with Gasteiger partial charge >= 0.3 is 0 Å². The predicted octanol–water partition coefficient (Wildman–Crippen LogP) is 2.07. The summed E-state index contributed by atoms with van der Waals surface area (Å²) in [5.41, 5.74) is 1.34. The number of rotatable bonds is 5. The lowest BCUT2D eigenvalue weighted by molar-refractivity contribution is 0.572. The van der Waals surface area contributed by atoms with Gasteiger partial charge in [0, 0.05) is 19.0 Å². The maximum Gasteiger partial charge on any atom is 0.151 e. The van der Waals surface area contributed by atoms with Crippen molar-refractivity contribution < 1.29 is 0 Å². The zero-order valence-corrected chi connectivity index (χ0v) is 10.3. The van der Waals surface area contributed by atoms with Crippen LogP contribution in [0.2, 0.25) is 0 Å². The number of aryl methyl sites for hydroxylation is 1. The molecule has 5 heteroatoms. The Hall–Kier alpha value is -1.20. The minimum atomic E-state index is 0.395. The molecular formula is C11H16N4S. The van der Waals surface area contributed by atoms with E-state index in [-0.39, 0.29) is 0 Å². The first kappa shape index (κ1) is 11.3. The van der Waals surface area contributed by atoms with E-state index in [4.69, 9.17) is 0 Å². The third-order valence-electron chi connectivity index (χ3n) is 2.49. The first-order valence-electron chi connectivity index (χ1n) is 5.39. The molecule has 0 saturated carbocycles. The van der Waals surface area contributed by atoms with E-state index < -0.39 is 0 Å². The molecule has 1 atom stereocenters. The molecule has 16 heavy (non-hydrogen) atoms. The summed E-state index contributed by atoms with van der Waals surface area (Å²) in [6, 6.07) is 2.55. The van der Waals surface area contributed by atoms with E-state index in [1.54, 1.807) is 11.3 Å². The van der Waals surface area contributed by atoms with E-state index in [2.05, 4.69) is 44.2 Å². The average molecular weight is 236 g/mol. The van der Waals surface area contributed by atoms with Gasteiger partial charge in [0.1, 0.15) is 5.82 Å². The van der Waals surface area contributed by atoms with Gasteiger partial charge in [0.05, 0.1) is 0 Å². The quantitative estimate of drug-likeness (QED) is 0.835. The van der Waals surface area contributed by atoms with Crippen LogP contribution in [0.3, 0.4) is 0 Å². The van der Waals surface area contributed by atoms with E-state index in [0.29, 0.717) is 6.04 Å². The van der Waals surface area contributed by atoms with Crippen LogP contribution in [0.1, 0.15) is 30.2 Å². The Bertz CT molecular complexity index is 421. The summed E-state index contributed by atoms with van der Waals surface area (Å²) in [6.07, 6.45) is 0.860. The topological polar surface area (TPSA) is 53.6 Å². The number of H-pyrrole nitrogens is 1. The normalized spacial score (nSPS) is 12.9. The van der Waals surface area contributed by atoms with Gasteiger partial charge in [-0.25, -0.2) is 4.98 Å². The van der Waals surface area contributed by atoms with E-state index >= 15 is 0 Å². The van der Waals surface area contributed by atoms with E-state index in [9.17, 15) is 0 Å². The Morgan fingerprint density at radius 1 is 1.56 bits per heavy atom. The second-order valence-corrected chi connectivity index (χ2v) is 4.60. The minimum absolute atomic E-state index is 0.395. The summed E-state index contributed by atoms with van der Waals surface area (Å²) in [7, 11) is 0. The molecule has 0 amide bonds. The molecule has 2 heterocycles. The van der Waals surface area contributed by atoms with Gasteiger partial charge in [-0.15, -0.1) is 0 Å². The van der Waals surface area contributed by atoms with Gasteiger partial charge in [-0.2, -0.15) is 16.4 Å². The lowest BCUT2D eigenvalue weighted by Crippen LogP contribution is -2.21. The molecule has 0 radical (unpaired) electrons. The van der Waals surface area contributed by atoms with Crippen molar-refractivity contribution in [1.29, 1.82) is 0 Å². The van der Waals surface area contributed by atoms with Gasteiger partial charge in [-0.05, 0) is 36.2 Å². The molecule has 0 spiro atoms. The lowest BCUT2D eigenvalue weighted by Gasteiger charge is -2.11. The second-order valence-electron chi connectivity index (χ2n) is 3.82. The molecule has 86 valence electrons. The van der Waals surface area contributed by atoms with E-state index in [1.807, 2.05) is 6.92 Å². The van der Waals surface area contributed by atoms with Crippen LogP contribution >= 0.6 is 11.3 Å². The van der Waals surface area contributed by atoms with Gasteiger partial charge in [-0.1, -0.05) is 0 Å². The lowest BCUT2D eigenvalue weighted by atomic mass is 10.2. The molecule has 0 aliphatic rings. The smallest absolute Gasteiger partial charge is 0.151 e. The highest BCUT2D eigenvalue weighted by Crippen LogP contribution is 2.15. The van der Waals surface area contributed by atoms with Crippen molar-refractivity contribution in [2.75, 3.05) is 6.54 Å². The fourth-order valence-corrected chi connectivity index (χ4v) is 2.29. The fraction of sp³-hybridized carbons (Fsp3) is 0.455. The maximum absolute atomic E-state index is 4.27. The summed E-state index contributed by atoms with van der Waals surface area (Å²) >= 11 is 1.73. The van der Waals surface area contributed by atoms with Crippen LogP contribution in [-0.2, 0) is 6.42 Å². The summed E-state index contributed by atoms with van der Waals surface area (Å²) in [5, 5.41) is 14.7. The fourth-order valence-electron chi connectivity index (χ4n) is 1.54. The predicted molar refractivity (Wildman–Crippen MR) is 65.6 cm³/mol. The Kier molecular flexibility index (Phi) is 3.69. The van der Waals surface area contributed by atoms with Crippen LogP contribution < -0.4 is 5.32 Å². The molecule has 0 bridgehead atoms. The highest BCUT2D eigenvalue weighted by molar-refractivity contribution is 7.07. The number of hydrogen-bond acceptors (Lipinski definition) is 4. The molecule has 2 rings (SSSR count). The molecule has 0 aliphatic heterocycles. The van der Waals surface area contributed by atoms with Crippen molar-refractivity contribution in [2.45, 2.75) is 26.3 Å². The molecule has 2 aromatic heterocycles. The zero-order chi connectivity index (χ0) is 11.4. The molecular weight excluding hydrogens is 220 g/mol. The van der Waals surface area contributed by atoms with Gasteiger partial charge in [-0.3, -0.25) is 5.10 Å². The highest BCUT2D eigenvalue weighted by Gasteiger charge is 2.05. The molecule has 0 aliphatic carbocycles. The Morgan fingerprint density at radius 2 is 2.44 bits per heavy atom. The van der Waals surface area contributed by atoms with Gasteiger partial charge < -0.3 is 5.32 Å². The largest absolute Gasteiger partial charge is 0.310 e. The van der Waals surface area contributed by atoms with Crippen molar-refractivity contribution in [1.82, 2.24) is 20.5 Å². The van der Waals surface area contributed by atoms with Crippen LogP contribution in [0.4, 0.5) is 0 Å². The van der Waals surface area contributed by atoms with Gasteiger partial charge in [0.2, 0.25) is 0 Å². The molecule has 0 saturated heterocycles. The molecule has 0 aromatic carbocycles. The monoisotopic (exact) mass is 236 g/mol. The minimum Gasteiger partial charge on any atom is -0.310 e. The van der Waals surface area contributed by atoms with Crippen molar-refractivity contribution in [3.05, 3.63) is 34.0 Å². The summed E-state index contributed by atoms with van der Waals surface area (Å²) in [5.74, 6) is 1.75. The second kappa shape index (κ2) is 5.23. The summed E-state index contributed by atoms with van der Waals surface area (Å²) < 4.78 is 0. The Labute approximate surface area is 99.1 Å². The number of aromatic nitrogens is 3. The molecule has 2 aromatic rings. The van der Waals surface area contributed by atoms with E-state index in [1.165, 1.54) is 5.56 Å². The van der Waals surface area contributed by atoms with Crippen molar-refractivity contribution >= 4 is 11.3 Å². The first-order chi connectivity index (χ1) is 7.75. The zero-order valence-electron chi connectivity index (χ0n) is 9.53. The number of thiophene rings is 1. The number of nitrogens with one attached hydrogen (secondary N) is 2. The third kappa shape index (κ3) is 2.90. The van der Waals surface area contributed by atoms with Crippen molar-refractivity contribution in [2.24, 2.45) is 0 Å². The standard InChI is InChI=1S/C11H16N4S/c1-8(10-4-6-16-7-10)12-5-3-11-13-9(2)14-15-11/h4,6-8,12H,3,5H2,1-2H3,(H,13,14,15). The highest BCUT2D eigenvalue weighted by atomic mass is 32.1. The summed E-state index contributed by atoms with van der Waals surface area (Å²) in [4.78, 5) is 4.27. The van der Waals surface area contributed by atoms with Crippen LogP contribution in [-0.4, -0.2) is 21.7 Å². The van der Waals surface area contributed by atoms with E-state index in [0.717, 1.165) is 24.6 Å². The van der Waals surface area contributed by atoms with Crippen LogP contribution in [0.15, 0.2) is 16.8 Å². The Balaban J connectivity index is 1.76. The maximum atomic E-state index is 4.27. The van der Waals surface area contributed by atoms with Crippen molar-refractivity contribution in [3.63, 3.8) is 0 Å². The van der Waals surface area contributed by atoms with Gasteiger partial charge in [0.25, 0.3) is 0 Å². The van der Waals surface area contributed by atoms with Crippen molar-refractivity contribution in [3.8, 4) is 0 Å². The molecule has 1 unspecified atom stereocenters. The SMILES string of the molecule is Cc1nc(CCNC(C)c2ccsc2)n[nH]1. The average Bonchev–Trinajstić information content (AvgIpc) is 2.89. The van der Waals surface area contributed by atoms with Gasteiger partial charge in [0.15, 0.2) is 5.82 Å². The molecule has 0 fully saturated rings. The molecule has 2 N–H and O–H groups in total. The third-order valence-corrected chi connectivity index (χ3v) is 3.19. The number of hydrogen-bond donors (Lipinski definition) is 2. The number of nitrogens with zero attached hydrogens (tertiary/aromatic N) is 2. The van der Waals surface area contributed by atoms with Crippen LogP contribution in [0, 0.1) is 6.92 Å². The Morgan fingerprint density at radius 3 is 3.06 bits per heavy atom. The molecule has 4 nitrogen and oxygen atoms in total. The van der Waals surface area contributed by atoms with Crippen LogP contribution in [0.5, 0.6) is 0 Å². The van der Waals surface area contributed by atoms with Crippen LogP contribution in [0.25, 0.3) is 0 Å². The first-order valence-corrected chi connectivity index (χ1v) is 6.33. The number of aromatic amines is 1.